The minimum absolute atomic E-state index is 0. The maximum absolute atomic E-state index is 12.1. The van der Waals surface area contributed by atoms with Gasteiger partial charge in [-0.15, -0.1) is 12.4 Å². The highest BCUT2D eigenvalue weighted by molar-refractivity contribution is 5.85. The van der Waals surface area contributed by atoms with Crippen LogP contribution in [-0.4, -0.2) is 22.9 Å². The van der Waals surface area contributed by atoms with Crippen LogP contribution in [0, 0.1) is 13.8 Å². The maximum Gasteiger partial charge on any atom is 0.239 e. The maximum atomic E-state index is 12.1. The molecule has 1 fully saturated rings. The van der Waals surface area contributed by atoms with E-state index >= 15 is 0 Å². The van der Waals surface area contributed by atoms with Crippen LogP contribution in [0.1, 0.15) is 36.5 Å². The monoisotopic (exact) mass is 282 g/mol. The minimum atomic E-state index is -0.405. The summed E-state index contributed by atoms with van der Waals surface area (Å²) >= 11 is 0. The summed E-state index contributed by atoms with van der Waals surface area (Å²) in [6, 6.07) is 6.39. The third kappa shape index (κ3) is 3.95. The lowest BCUT2D eigenvalue weighted by Crippen LogP contribution is -2.42. The molecule has 2 N–H and O–H groups in total. The highest BCUT2D eigenvalue weighted by Gasteiger charge is 2.33. The Morgan fingerprint density at radius 3 is 2.47 bits per heavy atom. The molecule has 2 rings (SSSR count). The number of carbonyl (C=O) groups is 1. The van der Waals surface area contributed by atoms with Crippen molar-refractivity contribution in [1.82, 2.24) is 4.90 Å². The summed E-state index contributed by atoms with van der Waals surface area (Å²) in [6.45, 7) is 6.66. The molecule has 1 aromatic carbocycles. The molecule has 0 unspecified atom stereocenters. The molecule has 0 aromatic heterocycles. The molecule has 0 radical (unpaired) electrons. The molecular formula is C15H23ClN2O. The lowest BCUT2D eigenvalue weighted by molar-refractivity contribution is -0.133. The summed E-state index contributed by atoms with van der Waals surface area (Å²) in [7, 11) is 0. The number of hydrogen-bond acceptors (Lipinski definition) is 2. The van der Waals surface area contributed by atoms with Crippen LogP contribution in [0.25, 0.3) is 0 Å². The summed E-state index contributed by atoms with van der Waals surface area (Å²) in [5.41, 5.74) is 9.47. The van der Waals surface area contributed by atoms with Gasteiger partial charge in [0.15, 0.2) is 0 Å². The Hall–Kier alpha value is -1.06. The second-order valence-electron chi connectivity index (χ2n) is 5.40. The normalized spacial score (nSPS) is 15.6. The van der Waals surface area contributed by atoms with E-state index in [2.05, 4.69) is 32.0 Å². The first-order valence-corrected chi connectivity index (χ1v) is 6.61. The lowest BCUT2D eigenvalue weighted by Gasteiger charge is -2.24. The van der Waals surface area contributed by atoms with E-state index in [1.54, 1.807) is 6.92 Å². The fourth-order valence-corrected chi connectivity index (χ4v) is 2.13. The van der Waals surface area contributed by atoms with Crippen LogP contribution in [0.2, 0.25) is 0 Å². The van der Waals surface area contributed by atoms with E-state index in [0.29, 0.717) is 12.6 Å². The Morgan fingerprint density at radius 1 is 1.37 bits per heavy atom. The number of benzene rings is 1. The van der Waals surface area contributed by atoms with E-state index in [4.69, 9.17) is 5.73 Å². The van der Waals surface area contributed by atoms with Crippen LogP contribution in [0.5, 0.6) is 0 Å². The molecule has 0 saturated heterocycles. The molecule has 0 aliphatic heterocycles. The second kappa shape index (κ2) is 6.40. The number of amides is 1. The van der Waals surface area contributed by atoms with E-state index in [9.17, 15) is 4.79 Å². The number of halogens is 1. The van der Waals surface area contributed by atoms with Crippen molar-refractivity contribution in [2.24, 2.45) is 5.73 Å². The van der Waals surface area contributed by atoms with E-state index in [-0.39, 0.29) is 18.3 Å². The molecule has 1 atom stereocenters. The molecule has 106 valence electrons. The molecule has 0 spiro atoms. The van der Waals surface area contributed by atoms with Gasteiger partial charge in [0, 0.05) is 12.6 Å². The molecule has 0 heterocycles. The molecule has 1 amide bonds. The molecule has 1 saturated carbocycles. The molecule has 0 bridgehead atoms. The van der Waals surface area contributed by atoms with Crippen LogP contribution in [0.15, 0.2) is 18.2 Å². The molecule has 1 aliphatic rings. The van der Waals surface area contributed by atoms with Crippen LogP contribution >= 0.6 is 12.4 Å². The first kappa shape index (κ1) is 16.0. The van der Waals surface area contributed by atoms with Crippen molar-refractivity contribution in [2.75, 3.05) is 0 Å². The van der Waals surface area contributed by atoms with E-state index in [1.807, 2.05) is 4.90 Å². The number of nitrogens with two attached hydrogens (primary N) is 1. The molecule has 1 aliphatic carbocycles. The summed E-state index contributed by atoms with van der Waals surface area (Å²) in [6.07, 6.45) is 2.23. The van der Waals surface area contributed by atoms with Gasteiger partial charge in [0.2, 0.25) is 5.91 Å². The average molecular weight is 283 g/mol. The van der Waals surface area contributed by atoms with Crippen LogP contribution in [0.4, 0.5) is 0 Å². The standard InChI is InChI=1S/C15H22N2O.ClH/c1-10-4-5-13(8-11(10)2)9-17(14-6-7-14)15(18)12(3)16;/h4-5,8,12,14H,6-7,9,16H2,1-3H3;1H/t12-;/m1./s1. The van der Waals surface area contributed by atoms with Crippen molar-refractivity contribution in [3.8, 4) is 0 Å². The predicted molar refractivity (Wildman–Crippen MR) is 80.4 cm³/mol. The van der Waals surface area contributed by atoms with Crippen molar-refractivity contribution in [2.45, 2.75) is 52.2 Å². The van der Waals surface area contributed by atoms with Crippen LogP contribution < -0.4 is 5.73 Å². The number of nitrogens with zero attached hydrogens (tertiary/aromatic N) is 1. The number of carbonyl (C=O) groups excluding carboxylic acids is 1. The zero-order chi connectivity index (χ0) is 13.3. The number of hydrogen-bond donors (Lipinski definition) is 1. The lowest BCUT2D eigenvalue weighted by atomic mass is 10.1. The first-order valence-electron chi connectivity index (χ1n) is 6.61. The van der Waals surface area contributed by atoms with Gasteiger partial charge in [-0.1, -0.05) is 18.2 Å². The van der Waals surface area contributed by atoms with Gasteiger partial charge in [0.1, 0.15) is 0 Å². The summed E-state index contributed by atoms with van der Waals surface area (Å²) < 4.78 is 0. The largest absolute Gasteiger partial charge is 0.334 e. The van der Waals surface area contributed by atoms with Crippen molar-refractivity contribution < 1.29 is 4.79 Å². The predicted octanol–water partition coefficient (Wildman–Crippen LogP) is 2.56. The molecule has 1 aromatic rings. The van der Waals surface area contributed by atoms with Gasteiger partial charge in [0.05, 0.1) is 6.04 Å². The van der Waals surface area contributed by atoms with Gasteiger partial charge in [-0.3, -0.25) is 4.79 Å². The summed E-state index contributed by atoms with van der Waals surface area (Å²) in [5, 5.41) is 0. The van der Waals surface area contributed by atoms with Crippen molar-refractivity contribution in [3.63, 3.8) is 0 Å². The van der Waals surface area contributed by atoms with Crippen molar-refractivity contribution in [1.29, 1.82) is 0 Å². The fourth-order valence-electron chi connectivity index (χ4n) is 2.13. The summed E-state index contributed by atoms with van der Waals surface area (Å²) in [4.78, 5) is 14.0. The highest BCUT2D eigenvalue weighted by atomic mass is 35.5. The number of rotatable bonds is 4. The van der Waals surface area contributed by atoms with E-state index in [1.165, 1.54) is 16.7 Å². The SMILES string of the molecule is Cc1ccc(CN(C(=O)[C@@H](C)N)C2CC2)cc1C.Cl. The van der Waals surface area contributed by atoms with Gasteiger partial charge >= 0.3 is 0 Å². The first-order chi connectivity index (χ1) is 8.49. The second-order valence-corrected chi connectivity index (χ2v) is 5.40. The zero-order valence-corrected chi connectivity index (χ0v) is 12.7. The topological polar surface area (TPSA) is 46.3 Å². The Bertz CT molecular complexity index is 455. The van der Waals surface area contributed by atoms with Gasteiger partial charge in [-0.05, 0) is 50.3 Å². The van der Waals surface area contributed by atoms with Gasteiger partial charge in [-0.2, -0.15) is 0 Å². The number of aryl methyl sites for hydroxylation is 2. The fraction of sp³-hybridized carbons (Fsp3) is 0.533. The Balaban J connectivity index is 0.00000180. The van der Waals surface area contributed by atoms with Gasteiger partial charge < -0.3 is 10.6 Å². The van der Waals surface area contributed by atoms with Crippen molar-refractivity contribution >= 4 is 18.3 Å². The third-order valence-corrected chi connectivity index (χ3v) is 3.58. The van der Waals surface area contributed by atoms with Crippen LogP contribution in [-0.2, 0) is 11.3 Å². The Morgan fingerprint density at radius 2 is 2.00 bits per heavy atom. The van der Waals surface area contributed by atoms with Gasteiger partial charge in [-0.25, -0.2) is 0 Å². The molecule has 4 heteroatoms. The van der Waals surface area contributed by atoms with Crippen LogP contribution in [0.3, 0.4) is 0 Å². The average Bonchev–Trinajstić information content (AvgIpc) is 3.13. The Kier molecular flexibility index (Phi) is 5.39. The van der Waals surface area contributed by atoms with Gasteiger partial charge in [0.25, 0.3) is 0 Å². The summed E-state index contributed by atoms with van der Waals surface area (Å²) in [5.74, 6) is 0.0655. The molecule has 19 heavy (non-hydrogen) atoms. The third-order valence-electron chi connectivity index (χ3n) is 3.58. The molecule has 3 nitrogen and oxygen atoms in total. The Labute approximate surface area is 121 Å². The quantitative estimate of drug-likeness (QED) is 0.923. The minimum Gasteiger partial charge on any atom is -0.334 e. The smallest absolute Gasteiger partial charge is 0.239 e. The highest BCUT2D eigenvalue weighted by Crippen LogP contribution is 2.29. The van der Waals surface area contributed by atoms with Crippen molar-refractivity contribution in [3.05, 3.63) is 34.9 Å². The van der Waals surface area contributed by atoms with E-state index < -0.39 is 6.04 Å². The molecular weight excluding hydrogens is 260 g/mol. The van der Waals surface area contributed by atoms with E-state index in [0.717, 1.165) is 12.8 Å². The zero-order valence-electron chi connectivity index (χ0n) is 11.8.